The summed E-state index contributed by atoms with van der Waals surface area (Å²) >= 11 is 3.98. The summed E-state index contributed by atoms with van der Waals surface area (Å²) in [6.45, 7) is 2.05. The number of hydrogen-bond donors (Lipinski definition) is 1. The van der Waals surface area contributed by atoms with Gasteiger partial charge in [0.25, 0.3) is 0 Å². The van der Waals surface area contributed by atoms with Gasteiger partial charge in [0.15, 0.2) is 0 Å². The van der Waals surface area contributed by atoms with Gasteiger partial charge >= 0.3 is 0 Å². The van der Waals surface area contributed by atoms with Gasteiger partial charge < -0.3 is 12.1 Å². The molecule has 0 aromatic carbocycles. The summed E-state index contributed by atoms with van der Waals surface area (Å²) in [5.74, 6) is 0. The molecular formula is CH4SSi2-. The average molecular weight is 104 g/mol. The molecule has 0 bridgehead atoms. The van der Waals surface area contributed by atoms with Crippen LogP contribution in [0.5, 0.6) is 0 Å². The predicted molar refractivity (Wildman–Crippen MR) is 26.4 cm³/mol. The van der Waals surface area contributed by atoms with Crippen LogP contribution in [0.4, 0.5) is 0 Å². The summed E-state index contributed by atoms with van der Waals surface area (Å²) in [5.41, 5.74) is 0. The normalized spacial score (nSPS) is 9.00. The zero-order valence-electron chi connectivity index (χ0n) is 2.45. The Labute approximate surface area is 36.5 Å². The fourth-order valence-electron chi connectivity index (χ4n) is 0. The van der Waals surface area contributed by atoms with Gasteiger partial charge in [0.1, 0.15) is 0 Å². The Balaban J connectivity index is 2.32. The highest BCUT2D eigenvalue weighted by Gasteiger charge is 1.50. The SMILES string of the molecule is C[Si-]([Si])S. The Hall–Kier alpha value is 0.784. The van der Waals surface area contributed by atoms with Crippen LogP contribution in [0.3, 0.4) is 0 Å². The zero-order valence-corrected chi connectivity index (χ0v) is 5.34. The predicted octanol–water partition coefficient (Wildman–Crippen LogP) is 0.203. The van der Waals surface area contributed by atoms with Crippen LogP contribution in [0.15, 0.2) is 0 Å². The Morgan fingerprint density at radius 3 is 2.00 bits per heavy atom. The molecule has 0 heterocycles. The van der Waals surface area contributed by atoms with Crippen molar-refractivity contribution in [1.82, 2.24) is 0 Å². The Morgan fingerprint density at radius 2 is 2.00 bits per heavy atom. The number of rotatable bonds is 0. The molecule has 23 valence electrons. The van der Waals surface area contributed by atoms with Gasteiger partial charge in [0.2, 0.25) is 0 Å². The molecule has 0 unspecified atom stereocenters. The van der Waals surface area contributed by atoms with Crippen LogP contribution in [-0.4, -0.2) is 17.2 Å². The highest BCUT2D eigenvalue weighted by Crippen LogP contribution is 1.71. The van der Waals surface area contributed by atoms with Gasteiger partial charge in [-0.05, 0) is 0 Å². The molecule has 4 heavy (non-hydrogen) atoms. The second-order valence-corrected chi connectivity index (χ2v) is 7.28. The highest BCUT2D eigenvalue weighted by atomic mass is 32.3. The summed E-state index contributed by atoms with van der Waals surface area (Å²) in [4.78, 5) is 0. The van der Waals surface area contributed by atoms with Crippen molar-refractivity contribution in [2.45, 2.75) is 6.55 Å². The van der Waals surface area contributed by atoms with Crippen molar-refractivity contribution in [3.05, 3.63) is 0 Å². The maximum Gasteiger partial charge on any atom is -0.185 e. The van der Waals surface area contributed by atoms with Gasteiger partial charge in [0, 0.05) is 0 Å². The van der Waals surface area contributed by atoms with Crippen molar-refractivity contribution in [2.75, 3.05) is 0 Å². The fraction of sp³-hybridized carbons (Fsp3) is 1.00. The number of hydrogen-bond acceptors (Lipinski definition) is 1. The van der Waals surface area contributed by atoms with E-state index in [0.717, 1.165) is 0 Å². The molecule has 0 amide bonds. The molecule has 0 saturated heterocycles. The molecule has 0 fully saturated rings. The summed E-state index contributed by atoms with van der Waals surface area (Å²) < 4.78 is 0. The minimum atomic E-state index is -0.380. The Morgan fingerprint density at radius 1 is 2.00 bits per heavy atom. The first-order chi connectivity index (χ1) is 1.73. The van der Waals surface area contributed by atoms with E-state index in [-0.39, 0.29) is 7.46 Å². The first-order valence-electron chi connectivity index (χ1n) is 0.974. The van der Waals surface area contributed by atoms with Gasteiger partial charge in [0.05, 0.1) is 0 Å². The Bertz CT molecular complexity index is 10.8. The van der Waals surface area contributed by atoms with Gasteiger partial charge in [-0.1, -0.05) is 0 Å². The lowest BCUT2D eigenvalue weighted by molar-refractivity contribution is 2.35. The first kappa shape index (κ1) is 4.78. The molecule has 0 aliphatic carbocycles. The molecule has 3 heteroatoms. The standard InChI is InChI=1S/CH4SSi2/c1-4(2)3/h2H,1H3/q-1. The van der Waals surface area contributed by atoms with Crippen LogP contribution in [0.25, 0.3) is 0 Å². The zero-order chi connectivity index (χ0) is 3.58. The molecule has 3 radical (unpaired) electrons. The van der Waals surface area contributed by atoms with E-state index in [0.29, 0.717) is 0 Å². The maximum absolute atomic E-state index is 3.98. The largest absolute Gasteiger partial charge is 0.396 e. The van der Waals surface area contributed by atoms with E-state index in [1.807, 2.05) is 6.55 Å². The van der Waals surface area contributed by atoms with Gasteiger partial charge in [-0.3, -0.25) is 0 Å². The van der Waals surface area contributed by atoms with Gasteiger partial charge in [-0.25, -0.2) is 17.2 Å². The van der Waals surface area contributed by atoms with E-state index < -0.39 is 0 Å². The summed E-state index contributed by atoms with van der Waals surface area (Å²) in [6, 6.07) is 0. The van der Waals surface area contributed by atoms with Crippen LogP contribution < -0.4 is 0 Å². The van der Waals surface area contributed by atoms with Crippen molar-refractivity contribution in [2.24, 2.45) is 0 Å². The van der Waals surface area contributed by atoms with E-state index in [4.69, 9.17) is 0 Å². The summed E-state index contributed by atoms with van der Waals surface area (Å²) in [7, 11) is 2.90. The van der Waals surface area contributed by atoms with E-state index in [1.165, 1.54) is 0 Å². The third kappa shape index (κ3) is 14.4. The molecule has 0 aromatic rings. The van der Waals surface area contributed by atoms with Crippen LogP contribution >= 0.6 is 12.1 Å². The second-order valence-electron chi connectivity index (χ2n) is 0.585. The lowest BCUT2D eigenvalue weighted by Gasteiger charge is -1.97. The third-order valence-corrected chi connectivity index (χ3v) is 0. The molecule has 0 aromatic heterocycles. The fourth-order valence-corrected chi connectivity index (χ4v) is 0. The summed E-state index contributed by atoms with van der Waals surface area (Å²) in [6.07, 6.45) is 0. The van der Waals surface area contributed by atoms with Gasteiger partial charge in [-0.15, -0.1) is 0 Å². The summed E-state index contributed by atoms with van der Waals surface area (Å²) in [5, 5.41) is 0. The molecule has 0 saturated carbocycles. The van der Waals surface area contributed by atoms with Crippen molar-refractivity contribution in [1.29, 1.82) is 0 Å². The molecule has 0 aliphatic rings. The second kappa shape index (κ2) is 2.05. The lowest BCUT2D eigenvalue weighted by atomic mass is 11.9. The van der Waals surface area contributed by atoms with E-state index in [2.05, 4.69) is 21.8 Å². The van der Waals surface area contributed by atoms with Crippen molar-refractivity contribution in [3.63, 3.8) is 0 Å². The topological polar surface area (TPSA) is 0 Å². The molecule has 0 aliphatic heterocycles. The number of thiol groups is 1. The highest BCUT2D eigenvalue weighted by molar-refractivity contribution is 8.15. The lowest BCUT2D eigenvalue weighted by Crippen LogP contribution is -1.90. The minimum Gasteiger partial charge on any atom is -0.396 e. The van der Waals surface area contributed by atoms with Crippen molar-refractivity contribution >= 4 is 29.3 Å². The first-order valence-corrected chi connectivity index (χ1v) is 5.76. The molecular weight excluding hydrogens is 100 g/mol. The van der Waals surface area contributed by atoms with E-state index in [9.17, 15) is 0 Å². The van der Waals surface area contributed by atoms with Crippen LogP contribution in [0.1, 0.15) is 0 Å². The quantitative estimate of drug-likeness (QED) is 0.329. The van der Waals surface area contributed by atoms with Crippen molar-refractivity contribution in [3.8, 4) is 0 Å². The van der Waals surface area contributed by atoms with E-state index in [1.54, 1.807) is 0 Å². The molecule has 0 spiro atoms. The van der Waals surface area contributed by atoms with Crippen molar-refractivity contribution < 1.29 is 0 Å². The molecule has 0 rings (SSSR count). The Kier molecular flexibility index (Phi) is 2.45. The molecule has 0 N–H and O–H groups in total. The van der Waals surface area contributed by atoms with E-state index >= 15 is 0 Å². The van der Waals surface area contributed by atoms with Crippen LogP contribution in [-0.2, 0) is 0 Å². The van der Waals surface area contributed by atoms with Gasteiger partial charge in [-0.2, -0.15) is 6.55 Å². The molecule has 0 nitrogen and oxygen atoms in total. The van der Waals surface area contributed by atoms with Crippen LogP contribution in [0, 0.1) is 0 Å². The molecule has 0 atom stereocenters. The minimum absolute atomic E-state index is 0.380. The monoisotopic (exact) mass is 104 g/mol. The third-order valence-electron chi connectivity index (χ3n) is 0. The maximum atomic E-state index is 3.98. The van der Waals surface area contributed by atoms with Crippen LogP contribution in [0.2, 0.25) is 6.55 Å². The average Bonchev–Trinajstić information content (AvgIpc) is 0.811. The smallest absolute Gasteiger partial charge is 0.185 e.